The Labute approximate surface area is 83.5 Å². The Hall–Kier alpha value is -0.0831. The summed E-state index contributed by atoms with van der Waals surface area (Å²) in [4.78, 5) is 0. The zero-order chi connectivity index (χ0) is 9.47. The van der Waals surface area contributed by atoms with Crippen molar-refractivity contribution in [3.63, 3.8) is 0 Å². The van der Waals surface area contributed by atoms with Crippen molar-refractivity contribution >= 4 is 9.76 Å². The highest BCUT2D eigenvalue weighted by molar-refractivity contribution is 6.30. The molecule has 0 aromatic rings. The molecule has 0 saturated heterocycles. The summed E-state index contributed by atoms with van der Waals surface area (Å²) in [5, 5.41) is 0. The van der Waals surface area contributed by atoms with Gasteiger partial charge in [0, 0.05) is 5.60 Å². The average Bonchev–Trinajstić information content (AvgIpc) is 2.58. The van der Waals surface area contributed by atoms with Crippen LogP contribution in [0.1, 0.15) is 33.6 Å². The molecular weight excluding hydrogens is 176 g/mol. The predicted molar refractivity (Wildman–Crippen MR) is 58.5 cm³/mol. The van der Waals surface area contributed by atoms with Gasteiger partial charge in [-0.25, -0.2) is 0 Å². The number of fused-ring (bicyclic) bond motifs is 2. The van der Waals surface area contributed by atoms with Crippen molar-refractivity contribution in [3.05, 3.63) is 12.2 Å². The van der Waals surface area contributed by atoms with Gasteiger partial charge in [0.1, 0.15) is 0 Å². The Bertz CT molecular complexity index is 217. The van der Waals surface area contributed by atoms with E-state index in [0.29, 0.717) is 0 Å². The molecule has 2 bridgehead atoms. The third-order valence-corrected chi connectivity index (χ3v) is 5.55. The van der Waals surface area contributed by atoms with Crippen LogP contribution in [0.2, 0.25) is 5.54 Å². The number of allylic oxidation sites excluding steroid dienone is 2. The van der Waals surface area contributed by atoms with E-state index >= 15 is 0 Å². The quantitative estimate of drug-likeness (QED) is 0.486. The second kappa shape index (κ2) is 3.25. The number of hydrogen-bond acceptors (Lipinski definition) is 1. The first-order valence-corrected chi connectivity index (χ1v) is 6.76. The smallest absolute Gasteiger partial charge is 0.165 e. The third kappa shape index (κ3) is 2.23. The van der Waals surface area contributed by atoms with Gasteiger partial charge in [0.15, 0.2) is 9.76 Å². The van der Waals surface area contributed by atoms with Crippen molar-refractivity contribution in [1.29, 1.82) is 0 Å². The Morgan fingerprint density at radius 3 is 2.46 bits per heavy atom. The average molecular weight is 196 g/mol. The maximum atomic E-state index is 5.97. The number of rotatable bonds is 2. The molecule has 0 N–H and O–H groups in total. The summed E-state index contributed by atoms with van der Waals surface area (Å²) in [5.41, 5.74) is 1.03. The van der Waals surface area contributed by atoms with Gasteiger partial charge in [-0.1, -0.05) is 12.2 Å². The normalized spacial score (nSPS) is 38.2. The van der Waals surface area contributed by atoms with Crippen LogP contribution < -0.4 is 0 Å². The fourth-order valence-electron chi connectivity index (χ4n) is 2.44. The maximum Gasteiger partial charge on any atom is 0.165 e. The summed E-state index contributed by atoms with van der Waals surface area (Å²) in [6.07, 6.45) is 7.68. The van der Waals surface area contributed by atoms with Crippen LogP contribution in [0.5, 0.6) is 0 Å². The lowest BCUT2D eigenvalue weighted by molar-refractivity contribution is 0.134. The number of hydrogen-bond donors (Lipinski definition) is 0. The lowest BCUT2D eigenvalue weighted by atomic mass is 10.1. The molecule has 13 heavy (non-hydrogen) atoms. The Morgan fingerprint density at radius 2 is 2.00 bits per heavy atom. The van der Waals surface area contributed by atoms with E-state index in [1.165, 1.54) is 12.8 Å². The van der Waals surface area contributed by atoms with E-state index in [1.807, 2.05) is 0 Å². The first-order chi connectivity index (χ1) is 6.04. The first-order valence-electron chi connectivity index (χ1n) is 5.37. The van der Waals surface area contributed by atoms with Gasteiger partial charge in [-0.3, -0.25) is 0 Å². The largest absolute Gasteiger partial charge is 0.419 e. The van der Waals surface area contributed by atoms with E-state index < -0.39 is 0 Å². The lowest BCUT2D eigenvalue weighted by Gasteiger charge is -2.25. The first kappa shape index (κ1) is 9.47. The molecule has 1 nitrogen and oxygen atoms in total. The second-order valence-electron chi connectivity index (χ2n) is 5.46. The van der Waals surface area contributed by atoms with Crippen LogP contribution in [0.4, 0.5) is 0 Å². The molecule has 0 amide bonds. The van der Waals surface area contributed by atoms with E-state index in [1.54, 1.807) is 0 Å². The minimum atomic E-state index is -0.296. The fraction of sp³-hybridized carbons (Fsp3) is 0.818. The Balaban J connectivity index is 1.81. The van der Waals surface area contributed by atoms with E-state index in [4.69, 9.17) is 4.43 Å². The summed E-state index contributed by atoms with van der Waals surface area (Å²) >= 11 is 0. The molecule has 2 rings (SSSR count). The van der Waals surface area contributed by atoms with Gasteiger partial charge >= 0.3 is 0 Å². The van der Waals surface area contributed by atoms with Crippen molar-refractivity contribution in [2.75, 3.05) is 0 Å². The molecule has 1 saturated carbocycles. The van der Waals surface area contributed by atoms with Crippen LogP contribution in [0, 0.1) is 11.8 Å². The lowest BCUT2D eigenvalue weighted by Crippen LogP contribution is -2.25. The van der Waals surface area contributed by atoms with E-state index in [0.717, 1.165) is 17.4 Å². The molecule has 3 atom stereocenters. The monoisotopic (exact) mass is 196 g/mol. The van der Waals surface area contributed by atoms with Gasteiger partial charge in [0.2, 0.25) is 0 Å². The van der Waals surface area contributed by atoms with Crippen LogP contribution in [-0.4, -0.2) is 15.4 Å². The molecule has 0 spiro atoms. The molecule has 0 heterocycles. The van der Waals surface area contributed by atoms with Crippen LogP contribution in [0.3, 0.4) is 0 Å². The predicted octanol–water partition coefficient (Wildman–Crippen LogP) is 2.27. The second-order valence-corrected chi connectivity index (χ2v) is 7.13. The molecule has 1 fully saturated rings. The summed E-state index contributed by atoms with van der Waals surface area (Å²) in [5.74, 6) is 1.80. The molecule has 0 aliphatic heterocycles. The van der Waals surface area contributed by atoms with Gasteiger partial charge in [-0.05, 0) is 51.0 Å². The molecule has 3 unspecified atom stereocenters. The van der Waals surface area contributed by atoms with Gasteiger partial charge in [-0.2, -0.15) is 0 Å². The van der Waals surface area contributed by atoms with E-state index in [9.17, 15) is 0 Å². The van der Waals surface area contributed by atoms with Gasteiger partial charge in [0.25, 0.3) is 0 Å². The molecular formula is C11H20OSi. The van der Waals surface area contributed by atoms with Crippen LogP contribution in [-0.2, 0) is 4.43 Å². The SMILES string of the molecule is CC(C)(C)O[SiH2]C1CC2C=CC1C2. The molecule has 0 aromatic heterocycles. The van der Waals surface area contributed by atoms with E-state index in [-0.39, 0.29) is 15.4 Å². The van der Waals surface area contributed by atoms with Crippen molar-refractivity contribution in [2.45, 2.75) is 44.8 Å². The Morgan fingerprint density at radius 1 is 1.23 bits per heavy atom. The summed E-state index contributed by atoms with van der Waals surface area (Å²) in [7, 11) is -0.296. The molecule has 2 aliphatic carbocycles. The minimum Gasteiger partial charge on any atom is -0.419 e. The zero-order valence-corrected chi connectivity index (χ0v) is 10.3. The van der Waals surface area contributed by atoms with Crippen molar-refractivity contribution < 1.29 is 4.43 Å². The van der Waals surface area contributed by atoms with Crippen molar-refractivity contribution in [3.8, 4) is 0 Å². The highest BCUT2D eigenvalue weighted by Gasteiger charge is 2.36. The third-order valence-electron chi connectivity index (χ3n) is 3.15. The van der Waals surface area contributed by atoms with Gasteiger partial charge < -0.3 is 4.43 Å². The fourth-order valence-corrected chi connectivity index (χ4v) is 4.32. The highest BCUT2D eigenvalue weighted by Crippen LogP contribution is 2.46. The molecule has 2 heteroatoms. The van der Waals surface area contributed by atoms with Crippen LogP contribution in [0.25, 0.3) is 0 Å². The standard InChI is InChI=1S/C11H20OSi/c1-11(2,3)12-13-10-7-8-4-5-9(10)6-8/h4-5,8-10H,6-7,13H2,1-3H3. The zero-order valence-electron chi connectivity index (χ0n) is 8.92. The summed E-state index contributed by atoms with van der Waals surface area (Å²) in [6, 6.07) is 0. The summed E-state index contributed by atoms with van der Waals surface area (Å²) in [6.45, 7) is 6.51. The molecule has 0 radical (unpaired) electrons. The van der Waals surface area contributed by atoms with Gasteiger partial charge in [-0.15, -0.1) is 0 Å². The Kier molecular flexibility index (Phi) is 2.36. The molecule has 2 aliphatic rings. The van der Waals surface area contributed by atoms with Crippen LogP contribution >= 0.6 is 0 Å². The topological polar surface area (TPSA) is 9.23 Å². The van der Waals surface area contributed by atoms with Gasteiger partial charge in [0.05, 0.1) is 0 Å². The highest BCUT2D eigenvalue weighted by atomic mass is 28.2. The minimum absolute atomic E-state index is 0.0950. The molecule has 0 aromatic carbocycles. The molecule has 74 valence electrons. The van der Waals surface area contributed by atoms with E-state index in [2.05, 4.69) is 32.9 Å². The van der Waals surface area contributed by atoms with Crippen molar-refractivity contribution in [1.82, 2.24) is 0 Å². The van der Waals surface area contributed by atoms with Crippen LogP contribution in [0.15, 0.2) is 12.2 Å². The maximum absolute atomic E-state index is 5.97. The van der Waals surface area contributed by atoms with Crippen molar-refractivity contribution in [2.24, 2.45) is 11.8 Å². The summed E-state index contributed by atoms with van der Waals surface area (Å²) < 4.78 is 5.97.